The molecule has 0 radical (unpaired) electrons. The summed E-state index contributed by atoms with van der Waals surface area (Å²) in [4.78, 5) is 0. The number of nitrogens with zero attached hydrogens (tertiary/aromatic N) is 1. The molecular formula is C15H18N4S. The number of aryl methyl sites for hydroxylation is 2. The number of hydrogen-bond donors (Lipinski definition) is 3. The first-order valence-electron chi connectivity index (χ1n) is 6.86. The van der Waals surface area contributed by atoms with Crippen LogP contribution in [0.25, 0.3) is 0 Å². The van der Waals surface area contributed by atoms with E-state index in [1.54, 1.807) is 0 Å². The van der Waals surface area contributed by atoms with Crippen LogP contribution in [0.4, 0.5) is 5.69 Å². The third-order valence-electron chi connectivity index (χ3n) is 3.75. The van der Waals surface area contributed by atoms with Crippen molar-refractivity contribution in [3.8, 4) is 0 Å². The molecule has 0 bridgehead atoms. The van der Waals surface area contributed by atoms with Crippen molar-refractivity contribution >= 4 is 23.0 Å². The molecule has 20 heavy (non-hydrogen) atoms. The van der Waals surface area contributed by atoms with E-state index in [0.29, 0.717) is 11.2 Å². The fourth-order valence-corrected chi connectivity index (χ4v) is 2.86. The molecule has 104 valence electrons. The SMILES string of the molecule is Cc1ccccc1NC(=S)NC1CCc2cn[nH]c2C1. The molecule has 1 aliphatic carbocycles. The molecule has 0 aliphatic heterocycles. The van der Waals surface area contributed by atoms with Gasteiger partial charge in [0.2, 0.25) is 0 Å². The number of H-pyrrole nitrogens is 1. The summed E-state index contributed by atoms with van der Waals surface area (Å²) in [5, 5.41) is 14.5. The van der Waals surface area contributed by atoms with Crippen molar-refractivity contribution < 1.29 is 0 Å². The van der Waals surface area contributed by atoms with Crippen LogP contribution >= 0.6 is 12.2 Å². The maximum Gasteiger partial charge on any atom is 0.171 e. The first kappa shape index (κ1) is 13.1. The maximum absolute atomic E-state index is 5.41. The Hall–Kier alpha value is -1.88. The van der Waals surface area contributed by atoms with Crippen LogP contribution in [0.2, 0.25) is 0 Å². The molecule has 0 saturated carbocycles. The minimum absolute atomic E-state index is 0.368. The quantitative estimate of drug-likeness (QED) is 0.743. The highest BCUT2D eigenvalue weighted by molar-refractivity contribution is 7.80. The summed E-state index contributed by atoms with van der Waals surface area (Å²) in [7, 11) is 0. The van der Waals surface area contributed by atoms with Gasteiger partial charge in [-0.2, -0.15) is 5.10 Å². The van der Waals surface area contributed by atoms with Gasteiger partial charge >= 0.3 is 0 Å². The van der Waals surface area contributed by atoms with E-state index in [2.05, 4.69) is 33.8 Å². The topological polar surface area (TPSA) is 52.7 Å². The lowest BCUT2D eigenvalue weighted by atomic mass is 9.94. The van der Waals surface area contributed by atoms with Crippen molar-refractivity contribution in [1.82, 2.24) is 15.5 Å². The predicted octanol–water partition coefficient (Wildman–Crippen LogP) is 2.56. The molecule has 5 heteroatoms. The number of anilines is 1. The van der Waals surface area contributed by atoms with Crippen molar-refractivity contribution in [3.63, 3.8) is 0 Å². The molecule has 0 saturated heterocycles. The van der Waals surface area contributed by atoms with E-state index in [-0.39, 0.29) is 0 Å². The van der Waals surface area contributed by atoms with Gasteiger partial charge in [0.1, 0.15) is 0 Å². The number of benzene rings is 1. The maximum atomic E-state index is 5.41. The number of fused-ring (bicyclic) bond motifs is 1. The number of aromatic amines is 1. The molecule has 4 nitrogen and oxygen atoms in total. The number of nitrogens with one attached hydrogen (secondary N) is 3. The minimum atomic E-state index is 0.368. The second kappa shape index (κ2) is 5.63. The van der Waals surface area contributed by atoms with E-state index < -0.39 is 0 Å². The van der Waals surface area contributed by atoms with Gasteiger partial charge in [0.05, 0.1) is 6.20 Å². The molecule has 3 N–H and O–H groups in total. The van der Waals surface area contributed by atoms with Crippen LogP contribution in [0.15, 0.2) is 30.5 Å². The molecular weight excluding hydrogens is 268 g/mol. The zero-order valence-electron chi connectivity index (χ0n) is 11.4. The molecule has 2 aromatic rings. The van der Waals surface area contributed by atoms with E-state index >= 15 is 0 Å². The van der Waals surface area contributed by atoms with Gasteiger partial charge in [-0.25, -0.2) is 0 Å². The molecule has 1 unspecified atom stereocenters. The summed E-state index contributed by atoms with van der Waals surface area (Å²) in [6.07, 6.45) is 5.01. The Balaban J connectivity index is 1.59. The molecule has 3 rings (SSSR count). The standard InChI is InChI=1S/C15H18N4S/c1-10-4-2-3-5-13(10)18-15(20)17-12-7-6-11-9-16-19-14(11)8-12/h2-5,9,12H,6-8H2,1H3,(H,16,19)(H2,17,18,20). The highest BCUT2D eigenvalue weighted by Crippen LogP contribution is 2.19. The van der Waals surface area contributed by atoms with Gasteiger partial charge in [0, 0.05) is 23.8 Å². The number of aromatic nitrogens is 2. The Labute approximate surface area is 124 Å². The minimum Gasteiger partial charge on any atom is -0.359 e. The lowest BCUT2D eigenvalue weighted by Gasteiger charge is -2.24. The molecule has 0 spiro atoms. The first-order valence-corrected chi connectivity index (χ1v) is 7.27. The van der Waals surface area contributed by atoms with Gasteiger partial charge in [-0.05, 0) is 49.2 Å². The van der Waals surface area contributed by atoms with Crippen LogP contribution in [-0.2, 0) is 12.8 Å². The summed E-state index contributed by atoms with van der Waals surface area (Å²) in [5.41, 5.74) is 4.81. The fourth-order valence-electron chi connectivity index (χ4n) is 2.59. The summed E-state index contributed by atoms with van der Waals surface area (Å²) in [6, 6.07) is 8.51. The zero-order chi connectivity index (χ0) is 13.9. The Morgan fingerprint density at radius 1 is 1.40 bits per heavy atom. The van der Waals surface area contributed by atoms with Crippen LogP contribution in [-0.4, -0.2) is 21.4 Å². The summed E-state index contributed by atoms with van der Waals surface area (Å²) in [6.45, 7) is 2.07. The van der Waals surface area contributed by atoms with E-state index in [1.165, 1.54) is 16.8 Å². The van der Waals surface area contributed by atoms with Crippen molar-refractivity contribution in [1.29, 1.82) is 0 Å². The van der Waals surface area contributed by atoms with Gasteiger partial charge in [0.25, 0.3) is 0 Å². The second-order valence-corrected chi connectivity index (χ2v) is 5.64. The Bertz CT molecular complexity index is 620. The molecule has 1 heterocycles. The van der Waals surface area contributed by atoms with E-state index in [9.17, 15) is 0 Å². The smallest absolute Gasteiger partial charge is 0.171 e. The fraction of sp³-hybridized carbons (Fsp3) is 0.333. The normalized spacial score (nSPS) is 17.4. The lowest BCUT2D eigenvalue weighted by molar-refractivity contribution is 0.525. The largest absolute Gasteiger partial charge is 0.359 e. The molecule has 1 atom stereocenters. The van der Waals surface area contributed by atoms with Crippen LogP contribution in [0, 0.1) is 6.92 Å². The average Bonchev–Trinajstić information content (AvgIpc) is 2.89. The summed E-state index contributed by atoms with van der Waals surface area (Å²) >= 11 is 5.41. The molecule has 1 aromatic heterocycles. The molecule has 0 amide bonds. The monoisotopic (exact) mass is 286 g/mol. The van der Waals surface area contributed by atoms with Crippen molar-refractivity contribution in [2.75, 3.05) is 5.32 Å². The van der Waals surface area contributed by atoms with Crippen molar-refractivity contribution in [2.24, 2.45) is 0 Å². The van der Waals surface area contributed by atoms with Gasteiger partial charge in [-0.15, -0.1) is 0 Å². The number of para-hydroxylation sites is 1. The Morgan fingerprint density at radius 3 is 3.10 bits per heavy atom. The third-order valence-corrected chi connectivity index (χ3v) is 3.97. The molecule has 1 aromatic carbocycles. The summed E-state index contributed by atoms with van der Waals surface area (Å²) in [5.74, 6) is 0. The average molecular weight is 286 g/mol. The first-order chi connectivity index (χ1) is 9.72. The van der Waals surface area contributed by atoms with Gasteiger partial charge < -0.3 is 10.6 Å². The van der Waals surface area contributed by atoms with Crippen LogP contribution in [0.5, 0.6) is 0 Å². The van der Waals surface area contributed by atoms with Crippen molar-refractivity contribution in [3.05, 3.63) is 47.3 Å². The number of thiocarbonyl (C=S) groups is 1. The van der Waals surface area contributed by atoms with Crippen LogP contribution < -0.4 is 10.6 Å². The number of hydrogen-bond acceptors (Lipinski definition) is 2. The molecule has 0 fully saturated rings. The van der Waals surface area contributed by atoms with E-state index in [0.717, 1.165) is 24.9 Å². The summed E-state index contributed by atoms with van der Waals surface area (Å²) < 4.78 is 0. The third kappa shape index (κ3) is 2.82. The Kier molecular flexibility index (Phi) is 3.69. The van der Waals surface area contributed by atoms with Gasteiger partial charge in [0.15, 0.2) is 5.11 Å². The zero-order valence-corrected chi connectivity index (χ0v) is 12.3. The van der Waals surface area contributed by atoms with Gasteiger partial charge in [-0.3, -0.25) is 5.10 Å². The van der Waals surface area contributed by atoms with Crippen molar-refractivity contribution in [2.45, 2.75) is 32.2 Å². The van der Waals surface area contributed by atoms with Crippen LogP contribution in [0.1, 0.15) is 23.2 Å². The van der Waals surface area contributed by atoms with E-state index in [4.69, 9.17) is 12.2 Å². The number of rotatable bonds is 2. The van der Waals surface area contributed by atoms with E-state index in [1.807, 2.05) is 24.4 Å². The lowest BCUT2D eigenvalue weighted by Crippen LogP contribution is -2.41. The second-order valence-electron chi connectivity index (χ2n) is 5.23. The van der Waals surface area contributed by atoms with Gasteiger partial charge in [-0.1, -0.05) is 18.2 Å². The highest BCUT2D eigenvalue weighted by Gasteiger charge is 2.20. The predicted molar refractivity (Wildman–Crippen MR) is 84.9 cm³/mol. The molecule has 1 aliphatic rings. The Morgan fingerprint density at radius 2 is 2.25 bits per heavy atom. The highest BCUT2D eigenvalue weighted by atomic mass is 32.1. The van der Waals surface area contributed by atoms with Crippen LogP contribution in [0.3, 0.4) is 0 Å².